The third-order valence-electron chi connectivity index (χ3n) is 25.5. The molecule has 10 atom stereocenters. The van der Waals surface area contributed by atoms with Gasteiger partial charge in [-0.1, -0.05) is 146 Å². The lowest BCUT2D eigenvalue weighted by molar-refractivity contribution is 0.245. The molecule has 0 amide bonds. The predicted octanol–water partition coefficient (Wildman–Crippen LogP) is 23.0. The minimum Gasteiger partial charge on any atom is -0.508 e. The Morgan fingerprint density at radius 1 is 0.227 bits per heavy atom. The number of hydrogen-bond donors (Lipinski definition) is 12. The van der Waals surface area contributed by atoms with E-state index in [-0.39, 0.29) is 140 Å². The molecule has 15 aromatic carbocycles. The highest BCUT2D eigenvalue weighted by molar-refractivity contribution is 5.60. The molecule has 0 aliphatic carbocycles. The summed E-state index contributed by atoms with van der Waals surface area (Å²) in [7, 11) is 3.11. The van der Waals surface area contributed by atoms with Crippen LogP contribution in [0.2, 0.25) is 0 Å². The maximum absolute atomic E-state index is 14.4. The average Bonchev–Trinajstić information content (AvgIpc) is 0.773. The molecule has 0 saturated heterocycles. The van der Waals surface area contributed by atoms with E-state index in [4.69, 9.17) is 33.2 Å². The summed E-state index contributed by atoms with van der Waals surface area (Å²) in [6.45, 7) is 9.76. The van der Waals surface area contributed by atoms with Crippen molar-refractivity contribution >= 4 is 0 Å². The number of rotatable bonds is 12. The summed E-state index contributed by atoms with van der Waals surface area (Å²) in [6.07, 6.45) is 0. The van der Waals surface area contributed by atoms with Crippen molar-refractivity contribution in [1.82, 2.24) is 0 Å². The molecule has 0 radical (unpaired) electrons. The molecule has 12 N–H and O–H groups in total. The highest BCUT2D eigenvalue weighted by Crippen LogP contribution is 2.55. The lowest BCUT2D eigenvalue weighted by Gasteiger charge is -2.35. The molecule has 5 heterocycles. The van der Waals surface area contributed by atoms with E-state index in [1.807, 2.05) is 160 Å². The molecule has 19 nitrogen and oxygen atoms in total. The van der Waals surface area contributed by atoms with Gasteiger partial charge in [-0.05, 0) is 233 Å². The molecule has 5 aliphatic rings. The minimum atomic E-state index is -0.425. The van der Waals surface area contributed by atoms with Gasteiger partial charge in [0.15, 0.2) is 11.6 Å². The third kappa shape index (κ3) is 19.5. The summed E-state index contributed by atoms with van der Waals surface area (Å²) in [5.41, 5.74) is 18.5. The second-order valence-corrected chi connectivity index (χ2v) is 33.7. The molecule has 0 aromatic heterocycles. The SMILES string of the molecule is COc1ccc([C@H]2c3ccc(O)cc3OC[C@H]2c2ccc(O)cc2)cc1C.COc1ccc([C@H]2c3ccc(O)cc3OC[C@H]2c2ccc(O)cc2)cc1F.Cc1c(O)ccc2c1OC[C@@H](c1ccc(O)cc1)[C@H]2c1ccc(O)cc1.Cc1cc([C@H]2c3ccc(O)cc3OC[C@H]2c2ccc(O)cc2)ccc1F.Cc1cc([C@H]2c3ccc(O)cc3OC[C@H]2c2ccc(O)cc2)ccc1O. The smallest absolute Gasteiger partial charge is 0.165 e. The van der Waals surface area contributed by atoms with Gasteiger partial charge >= 0.3 is 0 Å². The Balaban J connectivity index is 0.000000120. The van der Waals surface area contributed by atoms with Crippen molar-refractivity contribution in [3.63, 3.8) is 0 Å². The van der Waals surface area contributed by atoms with Gasteiger partial charge in [0, 0.05) is 117 Å². The number of aromatic hydroxyl groups is 12. The Labute approximate surface area is 763 Å². The quantitative estimate of drug-likeness (QED) is 0.0541. The standard InChI is InChI=1S/C23H22O4.C22H19FO4.C22H19FO3.2C22H20O4/c1-14-11-16(5-10-21(14)26-2)23-19-9-8-18(25)12-22(19)27-13-20(23)15-3-6-17(24)7-4-15;1-26-20-9-4-14(10-19(20)23)22-17-8-7-16(25)11-21(17)27-12-18(22)13-2-5-15(24)6-3-13;1-13-10-15(4-9-20(13)23)22-18-8-7-17(25)11-21(18)26-12-19(22)14-2-5-16(24)6-3-14;1-13-20(25)11-10-18-21(15-4-8-17(24)9-5-15)19(12-26-22(13)18)14-2-6-16(23)7-3-14;1-13-10-15(4-9-20(13)25)22-18-8-7-17(24)11-21(18)26-12-19(22)14-2-5-16(23)6-3-14/h3-12,20,23-25H,13H2,1-2H3;2-11,18,22,24-25H,12H2,1H3;2-11,19,22,24-25H,12H2,1H3;2-11,19,21,23-25H,12H2,1H3;2-11,19,22-25H,12H2,1H3/t20-,23-;18-,22-;19-,22-;19-,21-;19-,22-/m00000/s1. The fourth-order valence-corrected chi connectivity index (χ4v) is 18.7. The van der Waals surface area contributed by atoms with Crippen molar-refractivity contribution in [2.24, 2.45) is 0 Å². The van der Waals surface area contributed by atoms with Gasteiger partial charge in [-0.15, -0.1) is 0 Å². The summed E-state index contributed by atoms with van der Waals surface area (Å²) < 4.78 is 68.4. The molecular formula is C111H100F2O19. The highest BCUT2D eigenvalue weighted by atomic mass is 19.1. The number of hydrogen-bond acceptors (Lipinski definition) is 19. The summed E-state index contributed by atoms with van der Waals surface area (Å²) in [6, 6.07) is 89.2. The van der Waals surface area contributed by atoms with E-state index in [0.29, 0.717) is 61.6 Å². The van der Waals surface area contributed by atoms with Crippen molar-refractivity contribution < 1.29 is 103 Å². The zero-order valence-corrected chi connectivity index (χ0v) is 73.2. The van der Waals surface area contributed by atoms with Gasteiger partial charge in [0.25, 0.3) is 0 Å². The number of ether oxygens (including phenoxy) is 7. The molecule has 0 saturated carbocycles. The van der Waals surface area contributed by atoms with Gasteiger partial charge in [0.2, 0.25) is 0 Å². The first-order chi connectivity index (χ1) is 63.7. The van der Waals surface area contributed by atoms with Crippen LogP contribution < -0.4 is 33.2 Å². The zero-order chi connectivity index (χ0) is 92.7. The fourth-order valence-electron chi connectivity index (χ4n) is 18.7. The summed E-state index contributed by atoms with van der Waals surface area (Å²) in [4.78, 5) is 0. The van der Waals surface area contributed by atoms with Gasteiger partial charge in [-0.3, -0.25) is 0 Å². The molecular weight excluding hydrogens is 1680 g/mol. The minimum absolute atomic E-state index is 0.0116. The molecule has 0 unspecified atom stereocenters. The van der Waals surface area contributed by atoms with E-state index in [2.05, 4.69) is 12.1 Å². The summed E-state index contributed by atoms with van der Waals surface area (Å²) >= 11 is 0. The predicted molar refractivity (Wildman–Crippen MR) is 499 cm³/mol. The fraction of sp³-hybridized carbons (Fsp3) is 0.189. The third-order valence-corrected chi connectivity index (χ3v) is 25.5. The van der Waals surface area contributed by atoms with Crippen molar-refractivity contribution in [3.05, 3.63) is 421 Å². The first-order valence-electron chi connectivity index (χ1n) is 43.3. The molecule has 132 heavy (non-hydrogen) atoms. The molecule has 21 heteroatoms. The van der Waals surface area contributed by atoms with Crippen LogP contribution in [0.4, 0.5) is 8.78 Å². The van der Waals surface area contributed by atoms with Crippen molar-refractivity contribution in [2.45, 2.75) is 86.9 Å². The van der Waals surface area contributed by atoms with E-state index < -0.39 is 5.82 Å². The Hall–Kier alpha value is -15.6. The number of halogens is 2. The summed E-state index contributed by atoms with van der Waals surface area (Å²) in [5.74, 6) is 6.25. The monoisotopic (exact) mass is 1770 g/mol. The van der Waals surface area contributed by atoms with E-state index in [0.717, 1.165) is 106 Å². The zero-order valence-electron chi connectivity index (χ0n) is 73.2. The lowest BCUT2D eigenvalue weighted by Crippen LogP contribution is -2.25. The normalized spacial score (nSPS) is 18.7. The van der Waals surface area contributed by atoms with Gasteiger partial charge < -0.3 is 94.4 Å². The molecule has 15 aromatic rings. The van der Waals surface area contributed by atoms with Crippen molar-refractivity contribution in [2.75, 3.05) is 47.3 Å². The van der Waals surface area contributed by atoms with Crippen LogP contribution in [0.3, 0.4) is 0 Å². The van der Waals surface area contributed by atoms with Gasteiger partial charge in [-0.2, -0.15) is 0 Å². The Morgan fingerprint density at radius 3 is 0.803 bits per heavy atom. The highest BCUT2D eigenvalue weighted by Gasteiger charge is 2.40. The van der Waals surface area contributed by atoms with Crippen LogP contribution in [0.25, 0.3) is 0 Å². The number of benzene rings is 15. The largest absolute Gasteiger partial charge is 0.508 e. The lowest BCUT2D eigenvalue weighted by atomic mass is 9.75. The number of methoxy groups -OCH3 is 2. The maximum atomic E-state index is 14.4. The van der Waals surface area contributed by atoms with Crippen LogP contribution in [0.1, 0.15) is 165 Å². The summed E-state index contributed by atoms with van der Waals surface area (Å²) in [5, 5.41) is 117. The second-order valence-electron chi connectivity index (χ2n) is 33.7. The molecule has 0 spiro atoms. The average molecular weight is 1780 g/mol. The number of phenols is 12. The van der Waals surface area contributed by atoms with Gasteiger partial charge in [0.1, 0.15) is 109 Å². The van der Waals surface area contributed by atoms with Crippen LogP contribution in [0.15, 0.2) is 303 Å². The second kappa shape index (κ2) is 39.1. The van der Waals surface area contributed by atoms with Gasteiger partial charge in [0.05, 0.1) is 47.3 Å². The van der Waals surface area contributed by atoms with E-state index >= 15 is 0 Å². The number of fused-ring (bicyclic) bond motifs is 5. The van der Waals surface area contributed by atoms with E-state index in [1.165, 1.54) is 24.8 Å². The number of phenolic OH excluding ortho intramolecular Hbond substituents is 12. The van der Waals surface area contributed by atoms with Crippen molar-refractivity contribution in [3.8, 4) is 109 Å². The van der Waals surface area contributed by atoms with E-state index in [9.17, 15) is 70.1 Å². The van der Waals surface area contributed by atoms with Crippen LogP contribution >= 0.6 is 0 Å². The Kier molecular flexibility index (Phi) is 26.6. The van der Waals surface area contributed by atoms with Crippen LogP contribution in [-0.2, 0) is 0 Å². The number of aryl methyl sites for hydroxylation is 3. The molecule has 0 bridgehead atoms. The maximum Gasteiger partial charge on any atom is 0.165 e. The Morgan fingerprint density at radius 2 is 0.485 bits per heavy atom. The molecule has 20 rings (SSSR count). The van der Waals surface area contributed by atoms with Crippen LogP contribution in [0, 0.1) is 39.3 Å². The van der Waals surface area contributed by atoms with Gasteiger partial charge in [-0.25, -0.2) is 8.78 Å². The first kappa shape index (κ1) is 89.7. The first-order valence-corrected chi connectivity index (χ1v) is 43.3. The van der Waals surface area contributed by atoms with Crippen LogP contribution in [-0.4, -0.2) is 109 Å². The van der Waals surface area contributed by atoms with E-state index in [1.54, 1.807) is 154 Å². The molecule has 5 aliphatic heterocycles. The van der Waals surface area contributed by atoms with Crippen molar-refractivity contribution in [1.29, 1.82) is 0 Å². The Bertz CT molecular complexity index is 6230. The topological polar surface area (TPSA) is 307 Å². The molecule has 0 fully saturated rings. The molecule has 672 valence electrons. The van der Waals surface area contributed by atoms with Crippen LogP contribution in [0.5, 0.6) is 109 Å².